The number of nitrogens with one attached hydrogen (secondary N) is 1. The van der Waals surface area contributed by atoms with Gasteiger partial charge in [0, 0.05) is 25.7 Å². The molecule has 1 aliphatic heterocycles. The molecule has 0 spiro atoms. The number of nitrogens with zero attached hydrogens (tertiary/aromatic N) is 2. The molecule has 30 heavy (non-hydrogen) atoms. The molecule has 1 heterocycles. The summed E-state index contributed by atoms with van der Waals surface area (Å²) in [5.41, 5.74) is 0.920. The highest BCUT2D eigenvalue weighted by Gasteiger charge is 2.22. The summed E-state index contributed by atoms with van der Waals surface area (Å²) in [5, 5.41) is 2.92. The Balaban J connectivity index is 1.58. The van der Waals surface area contributed by atoms with Crippen LogP contribution in [0.1, 0.15) is 36.5 Å². The monoisotopic (exact) mass is 429 g/mol. The molecule has 162 valence electrons. The third kappa shape index (κ3) is 5.61. The van der Waals surface area contributed by atoms with Crippen LogP contribution in [0.15, 0.2) is 59.5 Å². The second-order valence-corrected chi connectivity index (χ2v) is 9.96. The number of amides is 1. The van der Waals surface area contributed by atoms with E-state index in [2.05, 4.69) is 17.1 Å². The number of anilines is 1. The Labute approximate surface area is 179 Å². The van der Waals surface area contributed by atoms with Gasteiger partial charge in [0.1, 0.15) is 0 Å². The number of hydrogen-bond acceptors (Lipinski definition) is 4. The van der Waals surface area contributed by atoms with Gasteiger partial charge in [0.2, 0.25) is 0 Å². The molecule has 6 nitrogen and oxygen atoms in total. The summed E-state index contributed by atoms with van der Waals surface area (Å²) in [6.07, 6.45) is 3.42. The van der Waals surface area contributed by atoms with Crippen LogP contribution in [0, 0.1) is 5.92 Å². The van der Waals surface area contributed by atoms with Crippen LogP contribution in [0.25, 0.3) is 0 Å². The van der Waals surface area contributed by atoms with Gasteiger partial charge in [0.25, 0.3) is 15.9 Å². The Morgan fingerprint density at radius 3 is 2.67 bits per heavy atom. The average Bonchev–Trinajstić information content (AvgIpc) is 2.77. The molecule has 0 saturated carbocycles. The molecule has 7 heteroatoms. The van der Waals surface area contributed by atoms with Crippen molar-refractivity contribution in [3.8, 4) is 0 Å². The molecule has 1 N–H and O–H groups in total. The second kappa shape index (κ2) is 10.1. The summed E-state index contributed by atoms with van der Waals surface area (Å²) in [4.78, 5) is 15.1. The van der Waals surface area contributed by atoms with Crippen molar-refractivity contribution >= 4 is 21.6 Å². The van der Waals surface area contributed by atoms with Gasteiger partial charge in [-0.25, -0.2) is 8.42 Å². The van der Waals surface area contributed by atoms with Crippen molar-refractivity contribution in [3.05, 3.63) is 60.2 Å². The van der Waals surface area contributed by atoms with E-state index in [1.165, 1.54) is 36.3 Å². The fourth-order valence-corrected chi connectivity index (χ4v) is 5.07. The van der Waals surface area contributed by atoms with Gasteiger partial charge in [-0.3, -0.25) is 9.10 Å². The summed E-state index contributed by atoms with van der Waals surface area (Å²) in [6.45, 7) is 6.09. The number of carbonyl (C=O) groups excluding carboxylic acids is 1. The molecule has 2 aromatic carbocycles. The zero-order chi connectivity index (χ0) is 21.6. The lowest BCUT2D eigenvalue weighted by Gasteiger charge is -2.30. The van der Waals surface area contributed by atoms with Crippen LogP contribution in [-0.2, 0) is 10.0 Å². The van der Waals surface area contributed by atoms with Crippen LogP contribution in [0.2, 0.25) is 0 Å². The zero-order valence-electron chi connectivity index (χ0n) is 17.8. The van der Waals surface area contributed by atoms with E-state index >= 15 is 0 Å². The highest BCUT2D eigenvalue weighted by molar-refractivity contribution is 7.92. The number of rotatable bonds is 8. The molecule has 1 aliphatic rings. The predicted octanol–water partition coefficient (Wildman–Crippen LogP) is 3.36. The van der Waals surface area contributed by atoms with Crippen molar-refractivity contribution in [2.24, 2.45) is 5.92 Å². The third-order valence-corrected chi connectivity index (χ3v) is 7.33. The van der Waals surface area contributed by atoms with Crippen molar-refractivity contribution in [2.45, 2.75) is 31.1 Å². The number of likely N-dealkylation sites (tertiary alicyclic amines) is 1. The van der Waals surface area contributed by atoms with Gasteiger partial charge in [0.15, 0.2) is 0 Å². The lowest BCUT2D eigenvalue weighted by atomic mass is 10.0. The summed E-state index contributed by atoms with van der Waals surface area (Å²) < 4.78 is 27.1. The number of sulfonamides is 1. The minimum Gasteiger partial charge on any atom is -0.352 e. The first kappa shape index (κ1) is 22.3. The van der Waals surface area contributed by atoms with Gasteiger partial charge in [-0.1, -0.05) is 31.2 Å². The minimum absolute atomic E-state index is 0.101. The molecule has 0 radical (unpaired) electrons. The molecule has 0 aliphatic carbocycles. The standard InChI is InChI=1S/C23H31N3O3S/c1-19-9-7-15-26(18-19)16-8-14-24-23(27)20-10-6-13-22(17-20)30(28,29)25(2)21-11-4-3-5-12-21/h3-6,10-13,17,19H,7-9,14-16,18H2,1-2H3,(H,24,27). The van der Waals surface area contributed by atoms with Crippen LogP contribution >= 0.6 is 0 Å². The number of piperidine rings is 1. The van der Waals surface area contributed by atoms with E-state index in [1.54, 1.807) is 36.4 Å². The van der Waals surface area contributed by atoms with E-state index in [0.717, 1.165) is 32.0 Å². The second-order valence-electron chi connectivity index (χ2n) is 7.99. The lowest BCUT2D eigenvalue weighted by Crippen LogP contribution is -2.36. The summed E-state index contributed by atoms with van der Waals surface area (Å²) >= 11 is 0. The molecule has 1 saturated heterocycles. The molecule has 2 aromatic rings. The van der Waals surface area contributed by atoms with E-state index in [1.807, 2.05) is 6.07 Å². The minimum atomic E-state index is -3.75. The summed E-state index contributed by atoms with van der Waals surface area (Å²) in [6, 6.07) is 15.1. The average molecular weight is 430 g/mol. The Hall–Kier alpha value is -2.38. The SMILES string of the molecule is CC1CCCN(CCCNC(=O)c2cccc(S(=O)(=O)N(C)c3ccccc3)c2)C1. The number of carbonyl (C=O) groups is 1. The molecule has 1 fully saturated rings. The molecule has 1 atom stereocenters. The van der Waals surface area contributed by atoms with Crippen LogP contribution in [0.3, 0.4) is 0 Å². The van der Waals surface area contributed by atoms with Crippen molar-refractivity contribution in [2.75, 3.05) is 37.5 Å². The van der Waals surface area contributed by atoms with Crippen molar-refractivity contribution in [3.63, 3.8) is 0 Å². The normalized spacial score (nSPS) is 17.5. The van der Waals surface area contributed by atoms with E-state index in [-0.39, 0.29) is 10.8 Å². The first-order chi connectivity index (χ1) is 14.4. The van der Waals surface area contributed by atoms with Crippen LogP contribution in [0.5, 0.6) is 0 Å². The first-order valence-corrected chi connectivity index (χ1v) is 12.0. The van der Waals surface area contributed by atoms with Crippen molar-refractivity contribution in [1.29, 1.82) is 0 Å². The van der Waals surface area contributed by atoms with E-state index in [9.17, 15) is 13.2 Å². The number of para-hydroxylation sites is 1. The molecule has 1 amide bonds. The Bertz CT molecular complexity index is 947. The highest BCUT2D eigenvalue weighted by atomic mass is 32.2. The van der Waals surface area contributed by atoms with Gasteiger partial charge in [-0.2, -0.15) is 0 Å². The molecular formula is C23H31N3O3S. The highest BCUT2D eigenvalue weighted by Crippen LogP contribution is 2.22. The molecule has 1 unspecified atom stereocenters. The Morgan fingerprint density at radius 1 is 1.17 bits per heavy atom. The van der Waals surface area contributed by atoms with Gasteiger partial charge in [-0.15, -0.1) is 0 Å². The smallest absolute Gasteiger partial charge is 0.264 e. The van der Waals surface area contributed by atoms with Gasteiger partial charge < -0.3 is 10.2 Å². The van der Waals surface area contributed by atoms with Crippen molar-refractivity contribution < 1.29 is 13.2 Å². The predicted molar refractivity (Wildman–Crippen MR) is 120 cm³/mol. The number of benzene rings is 2. The summed E-state index contributed by atoms with van der Waals surface area (Å²) in [5.74, 6) is 0.494. The van der Waals surface area contributed by atoms with Crippen molar-refractivity contribution in [1.82, 2.24) is 10.2 Å². The maximum atomic E-state index is 13.0. The van der Waals surface area contributed by atoms with Gasteiger partial charge in [-0.05, 0) is 68.6 Å². The number of hydrogen-bond donors (Lipinski definition) is 1. The van der Waals surface area contributed by atoms with E-state index < -0.39 is 10.0 Å². The van der Waals surface area contributed by atoms with E-state index in [0.29, 0.717) is 17.8 Å². The fraction of sp³-hybridized carbons (Fsp3) is 0.435. The molecule has 3 rings (SSSR count). The summed E-state index contributed by atoms with van der Waals surface area (Å²) in [7, 11) is -2.23. The third-order valence-electron chi connectivity index (χ3n) is 5.55. The van der Waals surface area contributed by atoms with Gasteiger partial charge >= 0.3 is 0 Å². The topological polar surface area (TPSA) is 69.7 Å². The maximum absolute atomic E-state index is 13.0. The van der Waals surface area contributed by atoms with Crippen LogP contribution < -0.4 is 9.62 Å². The Morgan fingerprint density at radius 2 is 1.93 bits per heavy atom. The maximum Gasteiger partial charge on any atom is 0.264 e. The zero-order valence-corrected chi connectivity index (χ0v) is 18.6. The molecule has 0 aromatic heterocycles. The Kier molecular flexibility index (Phi) is 7.50. The molecule has 0 bridgehead atoms. The quantitative estimate of drug-likeness (QED) is 0.653. The molecular weight excluding hydrogens is 398 g/mol. The van der Waals surface area contributed by atoms with Crippen LogP contribution in [0.4, 0.5) is 5.69 Å². The van der Waals surface area contributed by atoms with E-state index in [4.69, 9.17) is 0 Å². The van der Waals surface area contributed by atoms with Crippen LogP contribution in [-0.4, -0.2) is 52.5 Å². The first-order valence-electron chi connectivity index (χ1n) is 10.5. The fourth-order valence-electron chi connectivity index (χ4n) is 3.83. The van der Waals surface area contributed by atoms with Gasteiger partial charge in [0.05, 0.1) is 10.6 Å². The largest absolute Gasteiger partial charge is 0.352 e. The lowest BCUT2D eigenvalue weighted by molar-refractivity contribution is 0.0950.